The number of rotatable bonds is 3. The smallest absolute Gasteiger partial charge is 0.235 e. The van der Waals surface area contributed by atoms with Gasteiger partial charge in [-0.25, -0.2) is 0 Å². The lowest BCUT2D eigenvalue weighted by atomic mass is 10.1. The van der Waals surface area contributed by atoms with Crippen molar-refractivity contribution in [2.24, 2.45) is 0 Å². The van der Waals surface area contributed by atoms with Crippen molar-refractivity contribution in [2.45, 2.75) is 11.8 Å². The van der Waals surface area contributed by atoms with E-state index in [4.69, 9.17) is 0 Å². The van der Waals surface area contributed by atoms with Gasteiger partial charge in [-0.05, 0) is 24.4 Å². The lowest BCUT2D eigenvalue weighted by Gasteiger charge is -2.01. The monoisotopic (exact) mass is 332 g/mol. The van der Waals surface area contributed by atoms with E-state index in [1.165, 1.54) is 15.7 Å². The van der Waals surface area contributed by atoms with Crippen LogP contribution in [0.5, 0.6) is 0 Å². The van der Waals surface area contributed by atoms with Crippen LogP contribution in [0.4, 0.5) is 5.69 Å². The summed E-state index contributed by atoms with van der Waals surface area (Å²) in [5.74, 6) is 1.05. The first kappa shape index (κ1) is 15.0. The number of nitrogens with one attached hydrogen (secondary N) is 1. The van der Waals surface area contributed by atoms with Gasteiger partial charge >= 0.3 is 0 Å². The van der Waals surface area contributed by atoms with Gasteiger partial charge in [-0.15, -0.1) is 0 Å². The molecule has 2 nitrogen and oxygen atoms in total. The Morgan fingerprint density at radius 1 is 1.00 bits per heavy atom. The second-order valence-corrected chi connectivity index (χ2v) is 7.94. The van der Waals surface area contributed by atoms with Crippen molar-refractivity contribution >= 4 is 33.1 Å². The first-order chi connectivity index (χ1) is 11.8. The summed E-state index contributed by atoms with van der Waals surface area (Å²) in [5, 5.41) is 7.00. The molecule has 118 valence electrons. The third-order valence-corrected chi connectivity index (χ3v) is 6.48. The van der Waals surface area contributed by atoms with Crippen LogP contribution in [0, 0.1) is 0 Å². The first-order valence-electron chi connectivity index (χ1n) is 8.08. The Kier molecular flexibility index (Phi) is 3.87. The molecule has 24 heavy (non-hydrogen) atoms. The third-order valence-electron chi connectivity index (χ3n) is 4.28. The number of fused-ring (bicyclic) bond motifs is 3. The molecule has 1 aliphatic heterocycles. The molecule has 1 heterocycles. The summed E-state index contributed by atoms with van der Waals surface area (Å²) in [6, 6.07) is 22.2. The van der Waals surface area contributed by atoms with Crippen molar-refractivity contribution in [3.63, 3.8) is 0 Å². The molecule has 3 aromatic carbocycles. The zero-order valence-corrected chi connectivity index (χ0v) is 14.3. The van der Waals surface area contributed by atoms with Gasteiger partial charge in [-0.1, -0.05) is 54.6 Å². The highest BCUT2D eigenvalue weighted by molar-refractivity contribution is 8.01. The summed E-state index contributed by atoms with van der Waals surface area (Å²) in [6.45, 7) is 2.18. The standard InChI is InChI=1S/C21H17NOS/c1-2-24-19-13-12-15-8-6-7-11-17(15)21(19)22-20(24)14-18(23)16-9-4-3-5-10-16/h3-14H,2H2,1H3/p+1. The average Bonchev–Trinajstić information content (AvgIpc) is 3.00. The second-order valence-electron chi connectivity index (χ2n) is 5.70. The lowest BCUT2D eigenvalue weighted by molar-refractivity contribution is 0.104. The predicted molar refractivity (Wildman–Crippen MR) is 103 cm³/mol. The minimum Gasteiger partial charge on any atom is -0.311 e. The van der Waals surface area contributed by atoms with E-state index in [0.29, 0.717) is 0 Å². The Morgan fingerprint density at radius 2 is 1.75 bits per heavy atom. The van der Waals surface area contributed by atoms with E-state index in [1.54, 1.807) is 6.08 Å². The van der Waals surface area contributed by atoms with E-state index in [-0.39, 0.29) is 16.7 Å². The molecule has 0 amide bonds. The van der Waals surface area contributed by atoms with Crippen LogP contribution in [0.3, 0.4) is 0 Å². The first-order valence-corrected chi connectivity index (χ1v) is 9.48. The molecule has 0 bridgehead atoms. The molecule has 0 aromatic heterocycles. The van der Waals surface area contributed by atoms with Gasteiger partial charge in [-0.3, -0.25) is 4.79 Å². The molecule has 3 heteroatoms. The van der Waals surface area contributed by atoms with Gasteiger partial charge in [0.15, 0.2) is 10.7 Å². The number of anilines is 1. The molecule has 0 aliphatic carbocycles. The van der Waals surface area contributed by atoms with Gasteiger partial charge in [0.05, 0.1) is 17.0 Å². The predicted octanol–water partition coefficient (Wildman–Crippen LogP) is 4.99. The molecule has 0 saturated heterocycles. The topological polar surface area (TPSA) is 29.1 Å². The van der Waals surface area contributed by atoms with Crippen molar-refractivity contribution in [1.29, 1.82) is 0 Å². The summed E-state index contributed by atoms with van der Waals surface area (Å²) < 4.78 is 0. The fourth-order valence-electron chi connectivity index (χ4n) is 3.11. The number of carbonyl (C=O) groups is 1. The van der Waals surface area contributed by atoms with E-state index in [2.05, 4.69) is 48.6 Å². The van der Waals surface area contributed by atoms with Gasteiger partial charge in [-0.2, -0.15) is 0 Å². The van der Waals surface area contributed by atoms with Crippen LogP contribution in [0.25, 0.3) is 10.8 Å². The molecule has 4 rings (SSSR count). The maximum absolute atomic E-state index is 12.6. The Labute approximate surface area is 144 Å². The Morgan fingerprint density at radius 3 is 2.54 bits per heavy atom. The van der Waals surface area contributed by atoms with Gasteiger partial charge in [0.2, 0.25) is 5.03 Å². The third kappa shape index (κ3) is 2.51. The van der Waals surface area contributed by atoms with Crippen molar-refractivity contribution < 1.29 is 4.79 Å². The van der Waals surface area contributed by atoms with Crippen LogP contribution >= 0.6 is 0 Å². The van der Waals surface area contributed by atoms with Crippen LogP contribution in [0.2, 0.25) is 0 Å². The van der Waals surface area contributed by atoms with Crippen LogP contribution in [-0.2, 0) is 10.9 Å². The Hall–Kier alpha value is -2.52. The van der Waals surface area contributed by atoms with E-state index in [1.807, 2.05) is 30.3 Å². The molecule has 3 aromatic rings. The molecule has 1 N–H and O–H groups in total. The second kappa shape index (κ2) is 6.17. The molecule has 0 radical (unpaired) electrons. The highest BCUT2D eigenvalue weighted by Crippen LogP contribution is 2.41. The SMILES string of the molecule is CC[S+]1C(=CC(=O)c2ccccc2)Nc2c1ccc1ccccc21. The molecule has 1 unspecified atom stereocenters. The van der Waals surface area contributed by atoms with E-state index < -0.39 is 0 Å². The van der Waals surface area contributed by atoms with Crippen LogP contribution in [-0.4, -0.2) is 11.5 Å². The molecule has 1 atom stereocenters. The van der Waals surface area contributed by atoms with Crippen molar-refractivity contribution in [1.82, 2.24) is 0 Å². The van der Waals surface area contributed by atoms with E-state index >= 15 is 0 Å². The highest BCUT2D eigenvalue weighted by Gasteiger charge is 2.38. The lowest BCUT2D eigenvalue weighted by Crippen LogP contribution is -2.09. The normalized spacial score (nSPS) is 17.7. The fraction of sp³-hybridized carbons (Fsp3) is 0.0952. The molecular weight excluding hydrogens is 314 g/mol. The number of ketones is 1. The summed E-state index contributed by atoms with van der Waals surface area (Å²) in [4.78, 5) is 13.9. The number of hydrogen-bond donors (Lipinski definition) is 1. The van der Waals surface area contributed by atoms with E-state index in [0.717, 1.165) is 22.0 Å². The highest BCUT2D eigenvalue weighted by atomic mass is 32.2. The number of allylic oxidation sites excluding steroid dienone is 1. The summed E-state index contributed by atoms with van der Waals surface area (Å²) in [5.41, 5.74) is 1.89. The zero-order chi connectivity index (χ0) is 16.5. The van der Waals surface area contributed by atoms with Gasteiger partial charge in [0.1, 0.15) is 11.4 Å². The minimum atomic E-state index is -0.0682. The quantitative estimate of drug-likeness (QED) is 0.416. The summed E-state index contributed by atoms with van der Waals surface area (Å²) >= 11 is 0. The maximum atomic E-state index is 12.6. The van der Waals surface area contributed by atoms with Crippen LogP contribution in [0.1, 0.15) is 17.3 Å². The molecule has 0 fully saturated rings. The van der Waals surface area contributed by atoms with Crippen molar-refractivity contribution in [3.8, 4) is 0 Å². The van der Waals surface area contributed by atoms with Gasteiger partial charge in [0.25, 0.3) is 0 Å². The van der Waals surface area contributed by atoms with Crippen LogP contribution < -0.4 is 5.32 Å². The van der Waals surface area contributed by atoms with Gasteiger partial charge in [0, 0.05) is 10.9 Å². The van der Waals surface area contributed by atoms with Crippen LogP contribution in [0.15, 0.2) is 82.7 Å². The van der Waals surface area contributed by atoms with Gasteiger partial charge < -0.3 is 5.32 Å². The fourth-order valence-corrected chi connectivity index (χ4v) is 5.09. The zero-order valence-electron chi connectivity index (χ0n) is 13.5. The Balaban J connectivity index is 1.77. The molecule has 1 aliphatic rings. The van der Waals surface area contributed by atoms with Crippen molar-refractivity contribution in [2.75, 3.05) is 11.1 Å². The molecule has 0 spiro atoms. The molecular formula is C21H18NOS+. The average molecular weight is 332 g/mol. The number of carbonyl (C=O) groups excluding carboxylic acids is 1. The molecule has 0 saturated carbocycles. The largest absolute Gasteiger partial charge is 0.311 e. The minimum absolute atomic E-state index is 0.0566. The number of hydrogen-bond acceptors (Lipinski definition) is 2. The van der Waals surface area contributed by atoms with Crippen molar-refractivity contribution in [3.05, 3.63) is 83.4 Å². The summed E-state index contributed by atoms with van der Waals surface area (Å²) in [6.07, 6.45) is 1.77. The maximum Gasteiger partial charge on any atom is 0.235 e. The number of benzene rings is 3. The van der Waals surface area contributed by atoms with E-state index in [9.17, 15) is 4.79 Å². The Bertz CT molecular complexity index is 946. The summed E-state index contributed by atoms with van der Waals surface area (Å²) in [7, 11) is -0.0682.